The van der Waals surface area contributed by atoms with Crippen molar-refractivity contribution >= 4 is 17.6 Å². The Labute approximate surface area is 126 Å². The average Bonchev–Trinajstić information content (AvgIpc) is 2.45. The van der Waals surface area contributed by atoms with Crippen molar-refractivity contribution in [3.05, 3.63) is 52.1 Å². The number of nitrogens with zero attached hydrogens (tertiary/aromatic N) is 1. The van der Waals surface area contributed by atoms with E-state index in [9.17, 15) is 19.7 Å². The van der Waals surface area contributed by atoms with Crippen molar-refractivity contribution in [1.29, 1.82) is 0 Å². The Bertz CT molecular complexity index is 599. The zero-order valence-electron chi connectivity index (χ0n) is 11.9. The highest BCUT2D eigenvalue weighted by Crippen LogP contribution is 2.19. The lowest BCUT2D eigenvalue weighted by Gasteiger charge is -2.14. The molecule has 2 N–H and O–H groups in total. The highest BCUT2D eigenvalue weighted by atomic mass is 16.6. The van der Waals surface area contributed by atoms with Crippen LogP contribution in [0.4, 0.5) is 5.69 Å². The predicted molar refractivity (Wildman–Crippen MR) is 77.7 cm³/mol. The molecule has 0 heterocycles. The Morgan fingerprint density at radius 3 is 2.77 bits per heavy atom. The monoisotopic (exact) mass is 308 g/mol. The number of nitrogens with one attached hydrogen (secondary N) is 1. The van der Waals surface area contributed by atoms with E-state index in [4.69, 9.17) is 9.84 Å². The lowest BCUT2D eigenvalue weighted by molar-refractivity contribution is -0.385. The normalized spacial score (nSPS) is 11.5. The molecule has 1 unspecified atom stereocenters. The molecule has 0 fully saturated rings. The number of carbonyl (C=O) groups is 2. The first-order valence-corrected chi connectivity index (χ1v) is 6.34. The molecule has 0 aliphatic heterocycles. The van der Waals surface area contributed by atoms with Crippen LogP contribution in [0.3, 0.4) is 0 Å². The van der Waals surface area contributed by atoms with Crippen LogP contribution in [-0.2, 0) is 9.53 Å². The summed E-state index contributed by atoms with van der Waals surface area (Å²) in [6, 6.07) is 2.72. The summed E-state index contributed by atoms with van der Waals surface area (Å²) in [5, 5.41) is 22.2. The maximum Gasteiger partial charge on any atom is 0.328 e. The summed E-state index contributed by atoms with van der Waals surface area (Å²) >= 11 is 0. The molecule has 1 aromatic carbocycles. The van der Waals surface area contributed by atoms with Crippen molar-refractivity contribution in [3.63, 3.8) is 0 Å². The van der Waals surface area contributed by atoms with Gasteiger partial charge in [-0.05, 0) is 18.6 Å². The molecule has 1 atom stereocenters. The first-order chi connectivity index (χ1) is 10.4. The second-order valence-electron chi connectivity index (χ2n) is 4.47. The van der Waals surface area contributed by atoms with Crippen LogP contribution < -0.4 is 5.32 Å². The molecule has 0 aromatic heterocycles. The molecule has 22 heavy (non-hydrogen) atoms. The van der Waals surface area contributed by atoms with Crippen LogP contribution in [0.1, 0.15) is 15.9 Å². The third-order valence-corrected chi connectivity index (χ3v) is 2.72. The number of carbonyl (C=O) groups excluding carboxylic acids is 1. The molecule has 8 heteroatoms. The van der Waals surface area contributed by atoms with E-state index in [0.29, 0.717) is 5.56 Å². The standard InChI is InChI=1S/C14H16N2O6/c1-3-6-22-8-11(14(18)19)15-13(17)10-7-9(2)4-5-12(10)16(20)21/h3-5,7,11H,1,6,8H2,2H3,(H,15,17)(H,18,19). The molecule has 8 nitrogen and oxygen atoms in total. The van der Waals surface area contributed by atoms with Crippen molar-refractivity contribution in [2.24, 2.45) is 0 Å². The van der Waals surface area contributed by atoms with Gasteiger partial charge in [0, 0.05) is 6.07 Å². The Morgan fingerprint density at radius 1 is 1.55 bits per heavy atom. The Hall–Kier alpha value is -2.74. The number of nitro groups is 1. The molecule has 1 rings (SSSR count). The van der Waals surface area contributed by atoms with Gasteiger partial charge in [0.05, 0.1) is 18.1 Å². The number of aryl methyl sites for hydroxylation is 1. The van der Waals surface area contributed by atoms with Gasteiger partial charge >= 0.3 is 5.97 Å². The molecular formula is C14H16N2O6. The smallest absolute Gasteiger partial charge is 0.328 e. The van der Waals surface area contributed by atoms with Gasteiger partial charge < -0.3 is 15.2 Å². The van der Waals surface area contributed by atoms with E-state index in [1.807, 2.05) is 0 Å². The number of amides is 1. The number of hydrogen-bond donors (Lipinski definition) is 2. The van der Waals surface area contributed by atoms with Gasteiger partial charge in [0.1, 0.15) is 5.56 Å². The molecular weight excluding hydrogens is 292 g/mol. The van der Waals surface area contributed by atoms with Gasteiger partial charge in [-0.2, -0.15) is 0 Å². The van der Waals surface area contributed by atoms with Gasteiger partial charge in [-0.1, -0.05) is 12.1 Å². The fraction of sp³-hybridized carbons (Fsp3) is 0.286. The van der Waals surface area contributed by atoms with E-state index < -0.39 is 22.8 Å². The number of benzene rings is 1. The molecule has 1 aromatic rings. The van der Waals surface area contributed by atoms with Gasteiger partial charge in [-0.15, -0.1) is 6.58 Å². The molecule has 0 saturated heterocycles. The van der Waals surface area contributed by atoms with Crippen molar-refractivity contribution in [1.82, 2.24) is 5.32 Å². The maximum atomic E-state index is 12.1. The number of aliphatic carboxylic acids is 1. The molecule has 0 aliphatic rings. The summed E-state index contributed by atoms with van der Waals surface area (Å²) in [5.74, 6) is -2.14. The summed E-state index contributed by atoms with van der Waals surface area (Å²) in [5.41, 5.74) is 0.0600. The van der Waals surface area contributed by atoms with Gasteiger partial charge in [-0.3, -0.25) is 14.9 Å². The van der Waals surface area contributed by atoms with E-state index in [0.717, 1.165) is 0 Å². The minimum absolute atomic E-state index is 0.129. The van der Waals surface area contributed by atoms with Crippen molar-refractivity contribution < 1.29 is 24.4 Å². The van der Waals surface area contributed by atoms with E-state index in [1.165, 1.54) is 24.3 Å². The molecule has 0 aliphatic carbocycles. The highest BCUT2D eigenvalue weighted by Gasteiger charge is 2.25. The van der Waals surface area contributed by atoms with Gasteiger partial charge in [0.2, 0.25) is 0 Å². The maximum absolute atomic E-state index is 12.1. The number of nitro benzene ring substituents is 1. The molecule has 0 radical (unpaired) electrons. The second kappa shape index (κ2) is 7.89. The Balaban J connectivity index is 2.94. The summed E-state index contributed by atoms with van der Waals surface area (Å²) in [6.45, 7) is 4.94. The topological polar surface area (TPSA) is 119 Å². The van der Waals surface area contributed by atoms with Crippen LogP contribution in [0, 0.1) is 17.0 Å². The first-order valence-electron chi connectivity index (χ1n) is 6.34. The largest absolute Gasteiger partial charge is 0.480 e. The van der Waals surface area contributed by atoms with Gasteiger partial charge in [0.15, 0.2) is 6.04 Å². The predicted octanol–water partition coefficient (Wildman–Crippen LogP) is 1.29. The van der Waals surface area contributed by atoms with Crippen LogP contribution in [-0.4, -0.2) is 41.2 Å². The Morgan fingerprint density at radius 2 is 2.23 bits per heavy atom. The lowest BCUT2D eigenvalue weighted by atomic mass is 10.1. The van der Waals surface area contributed by atoms with Crippen LogP contribution in [0.25, 0.3) is 0 Å². The quantitative estimate of drug-likeness (QED) is 0.323. The van der Waals surface area contributed by atoms with E-state index in [1.54, 1.807) is 6.92 Å². The number of ether oxygens (including phenoxy) is 1. The van der Waals surface area contributed by atoms with Gasteiger partial charge in [-0.25, -0.2) is 4.79 Å². The fourth-order valence-corrected chi connectivity index (χ4v) is 1.67. The minimum Gasteiger partial charge on any atom is -0.480 e. The van der Waals surface area contributed by atoms with Crippen molar-refractivity contribution in [2.45, 2.75) is 13.0 Å². The van der Waals surface area contributed by atoms with Gasteiger partial charge in [0.25, 0.3) is 11.6 Å². The average molecular weight is 308 g/mol. The van der Waals surface area contributed by atoms with E-state index >= 15 is 0 Å². The van der Waals surface area contributed by atoms with Crippen LogP contribution in [0.5, 0.6) is 0 Å². The SMILES string of the molecule is C=CCOCC(NC(=O)c1cc(C)ccc1[N+](=O)[O-])C(=O)O. The van der Waals surface area contributed by atoms with Crippen molar-refractivity contribution in [3.8, 4) is 0 Å². The molecule has 118 valence electrons. The third-order valence-electron chi connectivity index (χ3n) is 2.72. The van der Waals surface area contributed by atoms with Crippen molar-refractivity contribution in [2.75, 3.05) is 13.2 Å². The second-order valence-corrected chi connectivity index (χ2v) is 4.47. The fourth-order valence-electron chi connectivity index (χ4n) is 1.67. The minimum atomic E-state index is -1.31. The van der Waals surface area contributed by atoms with Crippen LogP contribution in [0.15, 0.2) is 30.9 Å². The lowest BCUT2D eigenvalue weighted by Crippen LogP contribution is -2.44. The van der Waals surface area contributed by atoms with E-state index in [2.05, 4.69) is 11.9 Å². The third kappa shape index (κ3) is 4.67. The van der Waals surface area contributed by atoms with E-state index in [-0.39, 0.29) is 24.5 Å². The molecule has 0 spiro atoms. The summed E-state index contributed by atoms with van der Waals surface area (Å²) in [7, 11) is 0. The number of rotatable bonds is 8. The zero-order valence-corrected chi connectivity index (χ0v) is 11.9. The molecule has 0 saturated carbocycles. The number of hydrogen-bond acceptors (Lipinski definition) is 5. The van der Waals surface area contributed by atoms with Crippen LogP contribution in [0.2, 0.25) is 0 Å². The molecule has 1 amide bonds. The number of carboxylic acid groups (broad SMARTS) is 1. The van der Waals surface area contributed by atoms with Crippen LogP contribution >= 0.6 is 0 Å². The number of carboxylic acids is 1. The summed E-state index contributed by atoms with van der Waals surface area (Å²) in [6.07, 6.45) is 1.44. The highest BCUT2D eigenvalue weighted by molar-refractivity contribution is 6.00. The zero-order chi connectivity index (χ0) is 16.7. The summed E-state index contributed by atoms with van der Waals surface area (Å²) < 4.78 is 5.00. The summed E-state index contributed by atoms with van der Waals surface area (Å²) in [4.78, 5) is 33.5. The first kappa shape index (κ1) is 17.3. The Kier molecular flexibility index (Phi) is 6.21. The molecule has 0 bridgehead atoms.